The molecule has 1 N–H and O–H groups in total. The minimum Gasteiger partial charge on any atom is -0.493 e. The van der Waals surface area contributed by atoms with Crippen LogP contribution in [0.4, 0.5) is 0 Å². The van der Waals surface area contributed by atoms with Crippen molar-refractivity contribution in [3.05, 3.63) is 45.7 Å². The zero-order valence-corrected chi connectivity index (χ0v) is 12.6. The number of benzene rings is 1. The van der Waals surface area contributed by atoms with Gasteiger partial charge in [-0.25, -0.2) is 0 Å². The summed E-state index contributed by atoms with van der Waals surface area (Å²) >= 11 is 3.42. The molecule has 0 aliphatic heterocycles. The van der Waals surface area contributed by atoms with E-state index in [4.69, 9.17) is 4.74 Å². The number of aliphatic hydroxyl groups is 1. The third-order valence-electron chi connectivity index (χ3n) is 3.01. The maximum absolute atomic E-state index is 9.38. The van der Waals surface area contributed by atoms with E-state index in [0.29, 0.717) is 6.61 Å². The van der Waals surface area contributed by atoms with Gasteiger partial charge in [-0.1, -0.05) is 15.9 Å². The molecule has 1 aromatic heterocycles. The molecule has 1 aromatic carbocycles. The zero-order chi connectivity index (χ0) is 13.8. The number of nitrogens with zero attached hydrogens (tertiary/aromatic N) is 2. The molecule has 2 rings (SSSR count). The van der Waals surface area contributed by atoms with Gasteiger partial charge in [-0.15, -0.1) is 0 Å². The lowest BCUT2D eigenvalue weighted by Crippen LogP contribution is -2.08. The molecular weight excluding hydrogens is 308 g/mol. The van der Waals surface area contributed by atoms with Crippen molar-refractivity contribution in [3.8, 4) is 5.75 Å². The zero-order valence-electron chi connectivity index (χ0n) is 11.1. The second-order valence-corrected chi connectivity index (χ2v) is 5.33. The van der Waals surface area contributed by atoms with Crippen molar-refractivity contribution < 1.29 is 9.84 Å². The smallest absolute Gasteiger partial charge is 0.127 e. The van der Waals surface area contributed by atoms with Crippen LogP contribution in [-0.4, -0.2) is 21.5 Å². The van der Waals surface area contributed by atoms with Crippen LogP contribution in [0.25, 0.3) is 0 Å². The van der Waals surface area contributed by atoms with Crippen molar-refractivity contribution in [2.24, 2.45) is 7.05 Å². The average Bonchev–Trinajstić information content (AvgIpc) is 2.77. The summed E-state index contributed by atoms with van der Waals surface area (Å²) in [5.41, 5.74) is 2.95. The van der Waals surface area contributed by atoms with Crippen LogP contribution in [0.5, 0.6) is 5.75 Å². The van der Waals surface area contributed by atoms with Gasteiger partial charge in [0, 0.05) is 35.4 Å². The predicted molar refractivity (Wildman–Crippen MR) is 77.2 cm³/mol. The van der Waals surface area contributed by atoms with Crippen molar-refractivity contribution in [2.45, 2.75) is 20.0 Å². The highest BCUT2D eigenvalue weighted by Crippen LogP contribution is 2.28. The average molecular weight is 325 g/mol. The molecule has 4 nitrogen and oxygen atoms in total. The number of halogens is 1. The molecule has 0 saturated heterocycles. The van der Waals surface area contributed by atoms with Gasteiger partial charge < -0.3 is 9.84 Å². The molecule has 0 amide bonds. The molecule has 0 unspecified atom stereocenters. The van der Waals surface area contributed by atoms with Crippen molar-refractivity contribution in [3.63, 3.8) is 0 Å². The van der Waals surface area contributed by atoms with E-state index >= 15 is 0 Å². The van der Waals surface area contributed by atoms with Crippen LogP contribution in [0.15, 0.2) is 28.9 Å². The summed E-state index contributed by atoms with van der Waals surface area (Å²) in [6.45, 7) is 2.51. The Labute approximate surface area is 121 Å². The van der Waals surface area contributed by atoms with Gasteiger partial charge in [-0.05, 0) is 30.7 Å². The van der Waals surface area contributed by atoms with E-state index in [2.05, 4.69) is 21.0 Å². The van der Waals surface area contributed by atoms with Crippen molar-refractivity contribution in [1.82, 2.24) is 9.78 Å². The van der Waals surface area contributed by atoms with Crippen molar-refractivity contribution in [2.75, 3.05) is 6.61 Å². The van der Waals surface area contributed by atoms with Gasteiger partial charge in [-0.2, -0.15) is 5.10 Å². The first kappa shape index (κ1) is 14.1. The number of aliphatic hydroxyl groups excluding tert-OH is 1. The van der Waals surface area contributed by atoms with E-state index in [-0.39, 0.29) is 6.61 Å². The number of ether oxygens (including phenoxy) is 1. The van der Waals surface area contributed by atoms with Crippen LogP contribution in [-0.2, 0) is 20.1 Å². The molecule has 1 heterocycles. The van der Waals surface area contributed by atoms with Crippen LogP contribution >= 0.6 is 15.9 Å². The Morgan fingerprint density at radius 2 is 2.21 bits per heavy atom. The first-order chi connectivity index (χ1) is 9.11. The lowest BCUT2D eigenvalue weighted by Gasteiger charge is -2.13. The largest absolute Gasteiger partial charge is 0.493 e. The molecule has 0 radical (unpaired) electrons. The molecule has 19 heavy (non-hydrogen) atoms. The van der Waals surface area contributed by atoms with E-state index in [1.807, 2.05) is 36.9 Å². The van der Waals surface area contributed by atoms with E-state index in [1.54, 1.807) is 6.20 Å². The molecular formula is C14H17BrN2O2. The highest BCUT2D eigenvalue weighted by Gasteiger charge is 2.09. The number of rotatable bonds is 5. The monoisotopic (exact) mass is 324 g/mol. The van der Waals surface area contributed by atoms with Gasteiger partial charge in [0.2, 0.25) is 0 Å². The minimum atomic E-state index is -0.0265. The fourth-order valence-corrected chi connectivity index (χ4v) is 2.65. The molecule has 0 spiro atoms. The predicted octanol–water partition coefficient (Wildman–Crippen LogP) is 2.60. The molecule has 0 aliphatic carbocycles. The van der Waals surface area contributed by atoms with Gasteiger partial charge in [0.15, 0.2) is 0 Å². The van der Waals surface area contributed by atoms with Crippen LogP contribution in [0.3, 0.4) is 0 Å². The summed E-state index contributed by atoms with van der Waals surface area (Å²) in [6.07, 6.45) is 2.57. The van der Waals surface area contributed by atoms with E-state index in [1.165, 1.54) is 0 Å². The molecule has 0 fully saturated rings. The summed E-state index contributed by atoms with van der Waals surface area (Å²) in [5, 5.41) is 13.5. The first-order valence-electron chi connectivity index (χ1n) is 6.11. The van der Waals surface area contributed by atoms with Crippen LogP contribution in [0, 0.1) is 6.92 Å². The topological polar surface area (TPSA) is 47.3 Å². The maximum Gasteiger partial charge on any atom is 0.127 e. The van der Waals surface area contributed by atoms with E-state index in [9.17, 15) is 5.11 Å². The summed E-state index contributed by atoms with van der Waals surface area (Å²) in [6, 6.07) is 5.84. The van der Waals surface area contributed by atoms with Gasteiger partial charge in [0.05, 0.1) is 13.2 Å². The van der Waals surface area contributed by atoms with Crippen molar-refractivity contribution >= 4 is 15.9 Å². The number of aryl methyl sites for hydroxylation is 2. The minimum absolute atomic E-state index is 0.0265. The Morgan fingerprint density at radius 3 is 2.84 bits per heavy atom. The summed E-state index contributed by atoms with van der Waals surface area (Å²) < 4.78 is 8.61. The summed E-state index contributed by atoms with van der Waals surface area (Å²) in [5.74, 6) is 0.771. The number of hydrogen-bond acceptors (Lipinski definition) is 3. The quantitative estimate of drug-likeness (QED) is 0.919. The van der Waals surface area contributed by atoms with Gasteiger partial charge in [0.1, 0.15) is 5.75 Å². The molecule has 0 saturated carbocycles. The van der Waals surface area contributed by atoms with Crippen LogP contribution in [0.1, 0.15) is 16.8 Å². The van der Waals surface area contributed by atoms with Crippen LogP contribution in [0.2, 0.25) is 0 Å². The molecule has 2 aromatic rings. The van der Waals surface area contributed by atoms with Gasteiger partial charge in [0.25, 0.3) is 0 Å². The Bertz CT molecular complexity index is 567. The lowest BCUT2D eigenvalue weighted by atomic mass is 10.1. The highest BCUT2D eigenvalue weighted by atomic mass is 79.9. The Morgan fingerprint density at radius 1 is 1.42 bits per heavy atom. The molecule has 0 aliphatic rings. The standard InChI is InChI=1S/C14H17BrN2O2/c1-10-7-12(15)8-11(9-18)14(10)19-6-4-13-3-5-16-17(13)2/h3,5,7-8,18H,4,6,9H2,1-2H3. The van der Waals surface area contributed by atoms with Gasteiger partial charge in [-0.3, -0.25) is 4.68 Å². The third kappa shape index (κ3) is 3.36. The Balaban J connectivity index is 2.05. The molecule has 0 atom stereocenters. The fourth-order valence-electron chi connectivity index (χ4n) is 2.03. The second kappa shape index (κ2) is 6.21. The first-order valence-corrected chi connectivity index (χ1v) is 6.90. The SMILES string of the molecule is Cc1cc(Br)cc(CO)c1OCCc1ccnn1C. The molecule has 102 valence electrons. The van der Waals surface area contributed by atoms with E-state index < -0.39 is 0 Å². The Kier molecular flexibility index (Phi) is 4.61. The maximum atomic E-state index is 9.38. The third-order valence-corrected chi connectivity index (χ3v) is 3.47. The molecule has 5 heteroatoms. The summed E-state index contributed by atoms with van der Waals surface area (Å²) in [4.78, 5) is 0. The lowest BCUT2D eigenvalue weighted by molar-refractivity contribution is 0.262. The highest BCUT2D eigenvalue weighted by molar-refractivity contribution is 9.10. The fraction of sp³-hybridized carbons (Fsp3) is 0.357. The molecule has 0 bridgehead atoms. The second-order valence-electron chi connectivity index (χ2n) is 4.41. The summed E-state index contributed by atoms with van der Waals surface area (Å²) in [7, 11) is 1.92. The van der Waals surface area contributed by atoms with Crippen molar-refractivity contribution in [1.29, 1.82) is 0 Å². The van der Waals surface area contributed by atoms with E-state index in [0.717, 1.165) is 33.5 Å². The number of aromatic nitrogens is 2. The number of hydrogen-bond donors (Lipinski definition) is 1. The van der Waals surface area contributed by atoms with Crippen LogP contribution < -0.4 is 4.74 Å². The van der Waals surface area contributed by atoms with Gasteiger partial charge >= 0.3 is 0 Å². The normalized spacial score (nSPS) is 10.7. The Hall–Kier alpha value is -1.33.